The van der Waals surface area contributed by atoms with Crippen molar-refractivity contribution in [2.24, 2.45) is 0 Å². The van der Waals surface area contributed by atoms with Gasteiger partial charge in [-0.2, -0.15) is 5.26 Å². The monoisotopic (exact) mass is 275 g/mol. The Morgan fingerprint density at radius 2 is 1.48 bits per heavy atom. The lowest BCUT2D eigenvalue weighted by Crippen LogP contribution is -1.88. The molecule has 3 aromatic rings. The lowest BCUT2D eigenvalue weighted by atomic mass is 10.0. The highest BCUT2D eigenvalue weighted by Crippen LogP contribution is 2.32. The highest BCUT2D eigenvalue weighted by atomic mass is 16.5. The van der Waals surface area contributed by atoms with E-state index < -0.39 is 0 Å². The van der Waals surface area contributed by atoms with E-state index in [0.29, 0.717) is 5.56 Å². The van der Waals surface area contributed by atoms with E-state index in [0.717, 1.165) is 28.0 Å². The van der Waals surface area contributed by atoms with E-state index >= 15 is 0 Å². The molecule has 0 heterocycles. The van der Waals surface area contributed by atoms with E-state index in [-0.39, 0.29) is 0 Å². The van der Waals surface area contributed by atoms with Gasteiger partial charge in [-0.3, -0.25) is 0 Å². The largest absolute Gasteiger partial charge is 0.497 e. The molecule has 3 rings (SSSR count). The van der Waals surface area contributed by atoms with Crippen LogP contribution in [0.4, 0.5) is 0 Å². The van der Waals surface area contributed by atoms with Gasteiger partial charge >= 0.3 is 0 Å². The Balaban J connectivity index is 2.02. The number of hydrogen-bond donors (Lipinski definition) is 0. The van der Waals surface area contributed by atoms with Gasteiger partial charge in [0.25, 0.3) is 0 Å². The predicted octanol–water partition coefficient (Wildman–Crippen LogP) is 4.51. The second-order valence-electron chi connectivity index (χ2n) is 4.55. The Bertz CT molecular complexity index is 817. The summed E-state index contributed by atoms with van der Waals surface area (Å²) in [6, 6.07) is 20.9. The second kappa shape index (κ2) is 5.56. The number of fused-ring (bicyclic) bond motifs is 1. The first-order chi connectivity index (χ1) is 10.3. The molecule has 0 aromatic heterocycles. The van der Waals surface area contributed by atoms with Crippen LogP contribution in [0.3, 0.4) is 0 Å². The van der Waals surface area contributed by atoms with Gasteiger partial charge in [-0.25, -0.2) is 0 Å². The van der Waals surface area contributed by atoms with E-state index in [1.165, 1.54) is 0 Å². The Morgan fingerprint density at radius 3 is 2.14 bits per heavy atom. The van der Waals surface area contributed by atoms with Crippen LogP contribution in [0, 0.1) is 11.3 Å². The second-order valence-corrected chi connectivity index (χ2v) is 4.55. The molecule has 0 atom stereocenters. The van der Waals surface area contributed by atoms with Crippen molar-refractivity contribution < 1.29 is 9.47 Å². The van der Waals surface area contributed by atoms with Crippen molar-refractivity contribution in [2.45, 2.75) is 0 Å². The molecule has 3 heteroatoms. The van der Waals surface area contributed by atoms with Crippen LogP contribution in [-0.4, -0.2) is 7.11 Å². The average molecular weight is 275 g/mol. The van der Waals surface area contributed by atoms with Crippen LogP contribution >= 0.6 is 0 Å². The topological polar surface area (TPSA) is 42.2 Å². The van der Waals surface area contributed by atoms with Gasteiger partial charge in [0.05, 0.1) is 18.7 Å². The van der Waals surface area contributed by atoms with Gasteiger partial charge in [0.1, 0.15) is 17.2 Å². The van der Waals surface area contributed by atoms with Gasteiger partial charge in [-0.05, 0) is 36.4 Å². The molecule has 3 aromatic carbocycles. The van der Waals surface area contributed by atoms with Crippen LogP contribution in [0.15, 0.2) is 60.7 Å². The minimum Gasteiger partial charge on any atom is -0.497 e. The third-order valence-corrected chi connectivity index (χ3v) is 3.29. The number of benzene rings is 3. The number of ether oxygens (including phenoxy) is 2. The third kappa shape index (κ3) is 2.52. The molecule has 0 N–H and O–H groups in total. The molecule has 0 saturated carbocycles. The van der Waals surface area contributed by atoms with E-state index in [4.69, 9.17) is 14.7 Å². The highest BCUT2D eigenvalue weighted by Gasteiger charge is 2.07. The maximum atomic E-state index is 9.17. The molecule has 0 bridgehead atoms. The standard InChI is InChI=1S/C18H13NO2/c1-20-14-7-9-15(10-8-14)21-18-11-6-13(12-19)16-4-2-3-5-17(16)18/h2-11H,1H3. The average Bonchev–Trinajstić information content (AvgIpc) is 2.56. The van der Waals surface area contributed by atoms with Gasteiger partial charge in [-0.15, -0.1) is 0 Å². The molecule has 102 valence electrons. The maximum Gasteiger partial charge on any atom is 0.135 e. The Kier molecular flexibility index (Phi) is 3.44. The predicted molar refractivity (Wildman–Crippen MR) is 81.7 cm³/mol. The number of nitriles is 1. The first kappa shape index (κ1) is 13.0. The summed E-state index contributed by atoms with van der Waals surface area (Å²) >= 11 is 0. The Hall–Kier alpha value is -2.99. The summed E-state index contributed by atoms with van der Waals surface area (Å²) in [5.74, 6) is 2.24. The first-order valence-electron chi connectivity index (χ1n) is 6.55. The fraction of sp³-hybridized carbons (Fsp3) is 0.0556. The molecular weight excluding hydrogens is 262 g/mol. The van der Waals surface area contributed by atoms with Crippen LogP contribution in [0.5, 0.6) is 17.2 Å². The molecular formula is C18H13NO2. The smallest absolute Gasteiger partial charge is 0.135 e. The first-order valence-corrected chi connectivity index (χ1v) is 6.55. The molecule has 0 amide bonds. The summed E-state index contributed by atoms with van der Waals surface area (Å²) in [5, 5.41) is 11.0. The van der Waals surface area contributed by atoms with Gasteiger partial charge in [-0.1, -0.05) is 24.3 Å². The van der Waals surface area contributed by atoms with Gasteiger partial charge < -0.3 is 9.47 Å². The fourth-order valence-corrected chi connectivity index (χ4v) is 2.23. The zero-order chi connectivity index (χ0) is 14.7. The Morgan fingerprint density at radius 1 is 0.810 bits per heavy atom. The summed E-state index contributed by atoms with van der Waals surface area (Å²) in [4.78, 5) is 0. The molecule has 0 fully saturated rings. The maximum absolute atomic E-state index is 9.17. The molecule has 21 heavy (non-hydrogen) atoms. The molecule has 0 spiro atoms. The van der Waals surface area contributed by atoms with Crippen LogP contribution in [0.2, 0.25) is 0 Å². The number of methoxy groups -OCH3 is 1. The zero-order valence-electron chi connectivity index (χ0n) is 11.5. The minimum absolute atomic E-state index is 0.646. The van der Waals surface area contributed by atoms with Gasteiger partial charge in [0.2, 0.25) is 0 Å². The van der Waals surface area contributed by atoms with Gasteiger partial charge in [0.15, 0.2) is 0 Å². The van der Waals surface area contributed by atoms with Crippen molar-refractivity contribution in [3.05, 3.63) is 66.2 Å². The number of rotatable bonds is 3. The van der Waals surface area contributed by atoms with E-state index in [1.807, 2.05) is 54.6 Å². The molecule has 0 aliphatic rings. The normalized spacial score (nSPS) is 10.1. The summed E-state index contributed by atoms with van der Waals surface area (Å²) in [6.07, 6.45) is 0. The van der Waals surface area contributed by atoms with Crippen molar-refractivity contribution in [1.82, 2.24) is 0 Å². The fourth-order valence-electron chi connectivity index (χ4n) is 2.23. The number of hydrogen-bond acceptors (Lipinski definition) is 3. The van der Waals surface area contributed by atoms with E-state index in [2.05, 4.69) is 6.07 Å². The van der Waals surface area contributed by atoms with Crippen molar-refractivity contribution in [1.29, 1.82) is 5.26 Å². The van der Waals surface area contributed by atoms with Crippen molar-refractivity contribution in [3.63, 3.8) is 0 Å². The lowest BCUT2D eigenvalue weighted by molar-refractivity contribution is 0.413. The summed E-state index contributed by atoms with van der Waals surface area (Å²) < 4.78 is 11.1. The molecule has 0 radical (unpaired) electrons. The highest BCUT2D eigenvalue weighted by molar-refractivity contribution is 5.92. The summed E-state index contributed by atoms with van der Waals surface area (Å²) in [5.41, 5.74) is 0.646. The van der Waals surface area contributed by atoms with E-state index in [9.17, 15) is 0 Å². The zero-order valence-corrected chi connectivity index (χ0v) is 11.5. The Labute approximate surface area is 123 Å². The van der Waals surface area contributed by atoms with Crippen molar-refractivity contribution in [3.8, 4) is 23.3 Å². The molecule has 0 aliphatic heterocycles. The molecule has 3 nitrogen and oxygen atoms in total. The van der Waals surface area contributed by atoms with Crippen LogP contribution in [0.1, 0.15) is 5.56 Å². The van der Waals surface area contributed by atoms with Crippen LogP contribution in [0.25, 0.3) is 10.8 Å². The summed E-state index contributed by atoms with van der Waals surface area (Å²) in [6.45, 7) is 0. The minimum atomic E-state index is 0.646. The van der Waals surface area contributed by atoms with Crippen molar-refractivity contribution >= 4 is 10.8 Å². The van der Waals surface area contributed by atoms with Gasteiger partial charge in [0, 0.05) is 10.8 Å². The van der Waals surface area contributed by atoms with Crippen LogP contribution < -0.4 is 9.47 Å². The lowest BCUT2D eigenvalue weighted by Gasteiger charge is -2.10. The molecule has 0 aliphatic carbocycles. The SMILES string of the molecule is COc1ccc(Oc2ccc(C#N)c3ccccc23)cc1. The molecule has 0 saturated heterocycles. The third-order valence-electron chi connectivity index (χ3n) is 3.29. The number of nitrogens with zero attached hydrogens (tertiary/aromatic N) is 1. The van der Waals surface area contributed by atoms with E-state index in [1.54, 1.807) is 13.2 Å². The molecule has 0 unspecified atom stereocenters. The summed E-state index contributed by atoms with van der Waals surface area (Å²) in [7, 11) is 1.63. The van der Waals surface area contributed by atoms with Crippen molar-refractivity contribution in [2.75, 3.05) is 7.11 Å². The van der Waals surface area contributed by atoms with Crippen LogP contribution in [-0.2, 0) is 0 Å². The quantitative estimate of drug-likeness (QED) is 0.706.